The third-order valence-corrected chi connectivity index (χ3v) is 8.49. The van der Waals surface area contributed by atoms with Crippen LogP contribution in [0.4, 0.5) is 5.82 Å². The minimum Gasteiger partial charge on any atom is -0.462 e. The maximum absolute atomic E-state index is 13.6. The Bertz CT molecular complexity index is 1070. The smallest absolute Gasteiger partial charge is 0.406 e. The molecule has 1 aromatic heterocycles. The lowest BCUT2D eigenvalue weighted by Gasteiger charge is -2.24. The molecule has 0 saturated carbocycles. The van der Waals surface area contributed by atoms with Crippen LogP contribution in [0, 0.1) is 11.3 Å². The number of ether oxygens (including phenoxy) is 2. The number of aromatic nitrogens is 2. The van der Waals surface area contributed by atoms with Gasteiger partial charge in [0.25, 0.3) is 0 Å². The predicted molar refractivity (Wildman–Crippen MR) is 142 cm³/mol. The van der Waals surface area contributed by atoms with Gasteiger partial charge in [-0.3, -0.25) is 23.2 Å². The number of aliphatic hydroxyl groups excluding tert-OH is 1. The molecule has 1 aromatic rings. The molecule has 216 valence electrons. The van der Waals surface area contributed by atoms with Crippen LogP contribution in [-0.4, -0.2) is 69.6 Å². The number of anilines is 1. The molecule has 38 heavy (non-hydrogen) atoms. The standard InChI is InChI=1S/C23H39N4O9PS/c1-14(2)35-20(29)16(4)26-37(32,33-9-10-38-21(30)23(5,6)13-28)34-12-17-11-15(3)19(36-17)27-8-7-18(24)25-22(27)31/h7-8,14-17,19,28H,9-13H2,1-6H3,(H,26,32)(H2,24,25,31)/t15-,16?,17-,19+,37?/m0/s1. The number of nitrogens with two attached hydrogens (primary N) is 1. The van der Waals surface area contributed by atoms with Crippen molar-refractivity contribution in [3.05, 3.63) is 22.7 Å². The molecule has 2 rings (SSSR count). The van der Waals surface area contributed by atoms with Gasteiger partial charge in [-0.05, 0) is 47.1 Å². The molecule has 0 amide bonds. The fourth-order valence-electron chi connectivity index (χ4n) is 3.45. The highest BCUT2D eigenvalue weighted by atomic mass is 32.2. The average molecular weight is 579 g/mol. The Morgan fingerprint density at radius 1 is 1.37 bits per heavy atom. The van der Waals surface area contributed by atoms with Crippen molar-refractivity contribution in [2.45, 2.75) is 72.4 Å². The van der Waals surface area contributed by atoms with Gasteiger partial charge < -0.3 is 20.3 Å². The first-order chi connectivity index (χ1) is 17.7. The largest absolute Gasteiger partial charge is 0.462 e. The summed E-state index contributed by atoms with van der Waals surface area (Å²) in [5.74, 6) is -0.473. The predicted octanol–water partition coefficient (Wildman–Crippen LogP) is 2.10. The number of nitrogen functional groups attached to an aromatic ring is 1. The molecule has 1 saturated heterocycles. The second-order valence-corrected chi connectivity index (χ2v) is 12.9. The second kappa shape index (κ2) is 14.0. The van der Waals surface area contributed by atoms with Gasteiger partial charge in [-0.2, -0.15) is 4.98 Å². The van der Waals surface area contributed by atoms with Crippen LogP contribution in [-0.2, 0) is 32.7 Å². The van der Waals surface area contributed by atoms with Crippen molar-refractivity contribution in [2.24, 2.45) is 11.3 Å². The molecule has 1 aliphatic heterocycles. The van der Waals surface area contributed by atoms with Crippen LogP contribution in [0.5, 0.6) is 0 Å². The van der Waals surface area contributed by atoms with E-state index in [0.29, 0.717) is 6.42 Å². The maximum atomic E-state index is 13.6. The van der Waals surface area contributed by atoms with Gasteiger partial charge in [-0.1, -0.05) is 18.7 Å². The van der Waals surface area contributed by atoms with Crippen molar-refractivity contribution in [3.8, 4) is 0 Å². The van der Waals surface area contributed by atoms with Crippen LogP contribution in [0.3, 0.4) is 0 Å². The Morgan fingerprint density at radius 2 is 2.05 bits per heavy atom. The van der Waals surface area contributed by atoms with Crippen LogP contribution < -0.4 is 16.5 Å². The Labute approximate surface area is 226 Å². The van der Waals surface area contributed by atoms with Gasteiger partial charge in [-0.15, -0.1) is 0 Å². The first-order valence-electron chi connectivity index (χ1n) is 12.3. The molecule has 0 radical (unpaired) electrons. The average Bonchev–Trinajstić information content (AvgIpc) is 3.20. The molecule has 13 nitrogen and oxygen atoms in total. The topological polar surface area (TPSA) is 181 Å². The van der Waals surface area contributed by atoms with Gasteiger partial charge in [-0.25, -0.2) is 14.4 Å². The lowest BCUT2D eigenvalue weighted by molar-refractivity contribution is -0.149. The van der Waals surface area contributed by atoms with Crippen molar-refractivity contribution in [2.75, 3.05) is 31.3 Å². The van der Waals surface area contributed by atoms with Crippen molar-refractivity contribution in [3.63, 3.8) is 0 Å². The number of rotatable bonds is 14. The summed E-state index contributed by atoms with van der Waals surface area (Å²) in [6.07, 6.45) is 0.477. The number of carbonyl (C=O) groups is 2. The van der Waals surface area contributed by atoms with Gasteiger partial charge in [0.2, 0.25) is 0 Å². The summed E-state index contributed by atoms with van der Waals surface area (Å²) >= 11 is 0.934. The van der Waals surface area contributed by atoms with E-state index >= 15 is 0 Å². The van der Waals surface area contributed by atoms with E-state index in [1.54, 1.807) is 27.7 Å². The zero-order valence-electron chi connectivity index (χ0n) is 22.6. The summed E-state index contributed by atoms with van der Waals surface area (Å²) in [7, 11) is -4.06. The van der Waals surface area contributed by atoms with Crippen LogP contribution in [0.15, 0.2) is 17.1 Å². The van der Waals surface area contributed by atoms with Gasteiger partial charge in [0, 0.05) is 17.9 Å². The molecule has 5 atom stereocenters. The fourth-order valence-corrected chi connectivity index (χ4v) is 5.88. The van der Waals surface area contributed by atoms with E-state index in [4.69, 9.17) is 24.3 Å². The minimum atomic E-state index is -4.06. The Hall–Kier alpha value is -1.80. The van der Waals surface area contributed by atoms with E-state index in [9.17, 15) is 24.1 Å². The summed E-state index contributed by atoms with van der Waals surface area (Å²) in [6, 6.07) is 0.483. The maximum Gasteiger partial charge on any atom is 0.406 e. The van der Waals surface area contributed by atoms with Gasteiger partial charge in [0.1, 0.15) is 18.1 Å². The van der Waals surface area contributed by atoms with E-state index in [1.807, 2.05) is 6.92 Å². The summed E-state index contributed by atoms with van der Waals surface area (Å²) in [6.45, 7) is 9.38. The zero-order chi connectivity index (χ0) is 28.7. The molecule has 0 spiro atoms. The minimum absolute atomic E-state index is 0.0859. The van der Waals surface area contributed by atoms with Crippen molar-refractivity contribution in [1.82, 2.24) is 14.6 Å². The number of thioether (sulfide) groups is 1. The second-order valence-electron chi connectivity index (χ2n) is 10.0. The number of nitrogens with one attached hydrogen (secondary N) is 1. The van der Waals surface area contributed by atoms with Crippen molar-refractivity contribution < 1.29 is 37.8 Å². The van der Waals surface area contributed by atoms with Crippen molar-refractivity contribution >= 4 is 36.4 Å². The normalized spacial score (nSPS) is 22.3. The molecule has 2 heterocycles. The Kier molecular flexibility index (Phi) is 12.0. The number of esters is 1. The quantitative estimate of drug-likeness (QED) is 0.166. The molecule has 0 aromatic carbocycles. The fraction of sp³-hybridized carbons (Fsp3) is 0.739. The summed E-state index contributed by atoms with van der Waals surface area (Å²) < 4.78 is 37.2. The lowest BCUT2D eigenvalue weighted by Crippen LogP contribution is -2.36. The van der Waals surface area contributed by atoms with E-state index in [2.05, 4.69) is 10.1 Å². The number of hydrogen-bond acceptors (Lipinski definition) is 12. The Balaban J connectivity index is 2.05. The number of carbonyl (C=O) groups excluding carboxylic acids is 2. The molecule has 4 N–H and O–H groups in total. The highest BCUT2D eigenvalue weighted by molar-refractivity contribution is 8.13. The van der Waals surface area contributed by atoms with E-state index in [-0.39, 0.29) is 48.5 Å². The van der Waals surface area contributed by atoms with Crippen LogP contribution in [0.25, 0.3) is 0 Å². The number of nitrogens with zero attached hydrogens (tertiary/aromatic N) is 2. The lowest BCUT2D eigenvalue weighted by atomic mass is 9.97. The monoisotopic (exact) mass is 578 g/mol. The van der Waals surface area contributed by atoms with E-state index in [1.165, 1.54) is 23.8 Å². The molecule has 0 bridgehead atoms. The SMILES string of the molecule is CC(C)OC(=O)C(C)NP(=O)(OCCSC(=O)C(C)(C)CO)OC[C@@H]1C[C@H](C)[C@H](n2ccc(N)nc2=O)O1. The third kappa shape index (κ3) is 9.44. The molecule has 0 aliphatic carbocycles. The summed E-state index contributed by atoms with van der Waals surface area (Å²) in [4.78, 5) is 40.5. The first-order valence-corrected chi connectivity index (χ1v) is 14.9. The van der Waals surface area contributed by atoms with Crippen LogP contribution in [0.2, 0.25) is 0 Å². The third-order valence-electron chi connectivity index (χ3n) is 5.59. The van der Waals surface area contributed by atoms with Crippen LogP contribution in [0.1, 0.15) is 54.2 Å². The molecular weight excluding hydrogens is 539 g/mol. The van der Waals surface area contributed by atoms with Crippen LogP contribution >= 0.6 is 19.5 Å². The van der Waals surface area contributed by atoms with E-state index < -0.39 is 43.2 Å². The molecular formula is C23H39N4O9PS. The van der Waals surface area contributed by atoms with E-state index in [0.717, 1.165) is 11.8 Å². The molecule has 1 aliphatic rings. The first kappa shape index (κ1) is 32.4. The van der Waals surface area contributed by atoms with Gasteiger partial charge in [0.05, 0.1) is 37.4 Å². The number of hydrogen-bond donors (Lipinski definition) is 3. The molecule has 15 heteroatoms. The number of aliphatic hydroxyl groups is 1. The van der Waals surface area contributed by atoms with Gasteiger partial charge >= 0.3 is 19.4 Å². The Morgan fingerprint density at radius 3 is 2.66 bits per heavy atom. The molecule has 1 fully saturated rings. The zero-order valence-corrected chi connectivity index (χ0v) is 24.3. The van der Waals surface area contributed by atoms with Gasteiger partial charge in [0.15, 0.2) is 5.12 Å². The highest BCUT2D eigenvalue weighted by Crippen LogP contribution is 2.46. The highest BCUT2D eigenvalue weighted by Gasteiger charge is 2.38. The van der Waals surface area contributed by atoms with Crippen molar-refractivity contribution in [1.29, 1.82) is 0 Å². The summed E-state index contributed by atoms with van der Waals surface area (Å²) in [5, 5.41) is 11.7. The summed E-state index contributed by atoms with van der Waals surface area (Å²) in [5.41, 5.74) is 4.09. The molecule has 2 unspecified atom stereocenters.